The van der Waals surface area contributed by atoms with Crippen LogP contribution in [0.2, 0.25) is 0 Å². The van der Waals surface area contributed by atoms with Crippen LogP contribution in [0.1, 0.15) is 6.92 Å². The van der Waals surface area contributed by atoms with Crippen LogP contribution in [0, 0.1) is 0 Å². The molecule has 54 valence electrons. The van der Waals surface area contributed by atoms with E-state index in [4.69, 9.17) is 0 Å². The van der Waals surface area contributed by atoms with Crippen molar-refractivity contribution in [3.63, 3.8) is 0 Å². The second-order valence-electron chi connectivity index (χ2n) is 1.61. The van der Waals surface area contributed by atoms with E-state index >= 15 is 0 Å². The third-order valence-corrected chi connectivity index (χ3v) is 1.04. The van der Waals surface area contributed by atoms with Crippen LogP contribution in [0.5, 0.6) is 0 Å². The molecule has 0 aromatic heterocycles. The summed E-state index contributed by atoms with van der Waals surface area (Å²) < 4.78 is 0. The summed E-state index contributed by atoms with van der Waals surface area (Å²) in [6.07, 6.45) is 0. The van der Waals surface area contributed by atoms with Gasteiger partial charge in [0.25, 0.3) is 0 Å². The van der Waals surface area contributed by atoms with Crippen molar-refractivity contribution in [1.29, 1.82) is 0 Å². The molecule has 1 fully saturated rings. The van der Waals surface area contributed by atoms with Gasteiger partial charge in [0, 0.05) is 6.54 Å². The Balaban J connectivity index is 2.11. The highest BCUT2D eigenvalue weighted by Crippen LogP contribution is 1.89. The number of hydrogen-bond donors (Lipinski definition) is 4. The van der Waals surface area contributed by atoms with E-state index in [0.29, 0.717) is 0 Å². The largest absolute Gasteiger partial charge is 0.245 e. The van der Waals surface area contributed by atoms with Gasteiger partial charge in [-0.1, -0.05) is 5.23 Å². The average Bonchev–Trinajstić information content (AvgIpc) is 1.82. The highest BCUT2D eigenvalue weighted by atomic mass is 16.2. The zero-order valence-electron chi connectivity index (χ0n) is 5.60. The second-order valence-corrected chi connectivity index (χ2v) is 1.61. The van der Waals surface area contributed by atoms with Gasteiger partial charge in [0.05, 0.1) is 0 Å². The highest BCUT2D eigenvalue weighted by Gasteiger charge is 2.20. The molecule has 0 radical (unpaired) electrons. The van der Waals surface area contributed by atoms with E-state index in [9.17, 15) is 0 Å². The van der Waals surface area contributed by atoms with E-state index in [1.165, 1.54) is 0 Å². The van der Waals surface area contributed by atoms with Gasteiger partial charge in [0.1, 0.15) is 0 Å². The zero-order valence-corrected chi connectivity index (χ0v) is 5.60. The number of hydrazine groups is 6. The predicted octanol–water partition coefficient (Wildman–Crippen LogP) is -1.90. The fourth-order valence-electron chi connectivity index (χ4n) is 0.585. The molecular formula is C3H12N6. The summed E-state index contributed by atoms with van der Waals surface area (Å²) in [5, 5.41) is 3.55. The van der Waals surface area contributed by atoms with Gasteiger partial charge in [-0.15, -0.1) is 10.7 Å². The van der Waals surface area contributed by atoms with Crippen molar-refractivity contribution in [2.75, 3.05) is 13.6 Å². The maximum Gasteiger partial charge on any atom is 0.0305 e. The van der Waals surface area contributed by atoms with E-state index in [-0.39, 0.29) is 0 Å². The lowest BCUT2D eigenvalue weighted by Gasteiger charge is -2.42. The predicted molar refractivity (Wildman–Crippen MR) is 32.7 cm³/mol. The smallest absolute Gasteiger partial charge is 0.0305 e. The molecule has 1 heterocycles. The fraction of sp³-hybridized carbons (Fsp3) is 1.00. The van der Waals surface area contributed by atoms with Crippen LogP contribution in [0.3, 0.4) is 0 Å². The van der Waals surface area contributed by atoms with Gasteiger partial charge in [-0.25, -0.2) is 5.43 Å². The van der Waals surface area contributed by atoms with Crippen LogP contribution in [-0.2, 0) is 0 Å². The van der Waals surface area contributed by atoms with E-state index in [0.717, 1.165) is 6.54 Å². The molecule has 1 aliphatic rings. The van der Waals surface area contributed by atoms with Crippen molar-refractivity contribution >= 4 is 0 Å². The zero-order chi connectivity index (χ0) is 6.69. The van der Waals surface area contributed by atoms with E-state index in [1.807, 2.05) is 12.0 Å². The molecule has 9 heavy (non-hydrogen) atoms. The minimum Gasteiger partial charge on any atom is -0.245 e. The Hall–Kier alpha value is -0.240. The van der Waals surface area contributed by atoms with E-state index < -0.39 is 0 Å². The number of hydrogen-bond acceptors (Lipinski definition) is 6. The maximum atomic E-state index is 2.84. The molecule has 0 aromatic rings. The number of rotatable bonds is 3. The van der Waals surface area contributed by atoms with Crippen molar-refractivity contribution in [3.05, 3.63) is 0 Å². The first-order valence-electron chi connectivity index (χ1n) is 2.89. The Morgan fingerprint density at radius 3 is 2.56 bits per heavy atom. The standard InChI is InChI=1S/C3H12N6/c1-3-8-6-7-9(8)5-4-2/h4-7H,3H2,1-2H3. The summed E-state index contributed by atoms with van der Waals surface area (Å²) in [6, 6.07) is 0. The maximum absolute atomic E-state index is 2.84. The van der Waals surface area contributed by atoms with Gasteiger partial charge in [-0.3, -0.25) is 0 Å². The first-order chi connectivity index (χ1) is 4.38. The Kier molecular flexibility index (Phi) is 2.34. The summed E-state index contributed by atoms with van der Waals surface area (Å²) in [4.78, 5) is 0. The van der Waals surface area contributed by atoms with Crippen LogP contribution < -0.4 is 22.0 Å². The molecule has 1 saturated heterocycles. The molecule has 0 bridgehead atoms. The average molecular weight is 132 g/mol. The lowest BCUT2D eigenvalue weighted by molar-refractivity contribution is -0.285. The molecule has 0 aromatic carbocycles. The minimum atomic E-state index is 0.904. The molecule has 4 N–H and O–H groups in total. The monoisotopic (exact) mass is 132 g/mol. The SMILES string of the molecule is CCN1NNN1NNC. The Labute approximate surface area is 54.0 Å². The van der Waals surface area contributed by atoms with Crippen LogP contribution in [0.25, 0.3) is 0 Å². The molecule has 0 spiro atoms. The topological polar surface area (TPSA) is 54.6 Å². The van der Waals surface area contributed by atoms with Crippen LogP contribution in [0.4, 0.5) is 0 Å². The van der Waals surface area contributed by atoms with Crippen LogP contribution in [0.15, 0.2) is 0 Å². The van der Waals surface area contributed by atoms with Crippen molar-refractivity contribution in [3.8, 4) is 0 Å². The Morgan fingerprint density at radius 2 is 2.22 bits per heavy atom. The molecule has 1 rings (SSSR count). The third-order valence-electron chi connectivity index (χ3n) is 1.04. The minimum absolute atomic E-state index is 0.904. The molecule has 1 aliphatic heterocycles. The number of nitrogens with one attached hydrogen (secondary N) is 4. The molecule has 0 saturated carbocycles. The molecule has 0 aliphatic carbocycles. The van der Waals surface area contributed by atoms with Gasteiger partial charge >= 0.3 is 0 Å². The van der Waals surface area contributed by atoms with Gasteiger partial charge in [-0.2, -0.15) is 11.1 Å². The van der Waals surface area contributed by atoms with Gasteiger partial charge in [-0.05, 0) is 14.0 Å². The van der Waals surface area contributed by atoms with Crippen molar-refractivity contribution in [2.24, 2.45) is 0 Å². The first kappa shape index (κ1) is 6.87. The summed E-state index contributed by atoms with van der Waals surface area (Å²) in [7, 11) is 1.80. The van der Waals surface area contributed by atoms with Crippen LogP contribution in [-0.4, -0.2) is 23.9 Å². The second kappa shape index (κ2) is 3.06. The fourth-order valence-corrected chi connectivity index (χ4v) is 0.585. The van der Waals surface area contributed by atoms with Crippen molar-refractivity contribution < 1.29 is 0 Å². The van der Waals surface area contributed by atoms with E-state index in [2.05, 4.69) is 22.0 Å². The van der Waals surface area contributed by atoms with Gasteiger partial charge < -0.3 is 0 Å². The molecule has 6 nitrogen and oxygen atoms in total. The number of nitrogens with zero attached hydrogens (tertiary/aromatic N) is 2. The third kappa shape index (κ3) is 1.36. The normalized spacial score (nSPS) is 22.0. The molecule has 0 unspecified atom stereocenters. The van der Waals surface area contributed by atoms with Crippen molar-refractivity contribution in [2.45, 2.75) is 6.92 Å². The Bertz CT molecular complexity index is 82.4. The van der Waals surface area contributed by atoms with E-state index in [1.54, 1.807) is 12.3 Å². The summed E-state index contributed by atoms with van der Waals surface area (Å²) in [5.41, 5.74) is 11.2. The summed E-state index contributed by atoms with van der Waals surface area (Å²) in [6.45, 7) is 2.94. The van der Waals surface area contributed by atoms with Gasteiger partial charge in [0.15, 0.2) is 0 Å². The quantitative estimate of drug-likeness (QED) is 0.337. The Morgan fingerprint density at radius 1 is 1.44 bits per heavy atom. The lowest BCUT2D eigenvalue weighted by atomic mass is 10.8. The summed E-state index contributed by atoms with van der Waals surface area (Å²) in [5.74, 6) is 0. The molecular weight excluding hydrogens is 120 g/mol. The molecule has 6 heteroatoms. The molecule has 0 amide bonds. The summed E-state index contributed by atoms with van der Waals surface area (Å²) >= 11 is 0. The van der Waals surface area contributed by atoms with Crippen LogP contribution >= 0.6 is 0 Å². The molecule has 0 atom stereocenters. The van der Waals surface area contributed by atoms with Crippen molar-refractivity contribution in [1.82, 2.24) is 32.4 Å². The van der Waals surface area contributed by atoms with Gasteiger partial charge in [0.2, 0.25) is 0 Å². The highest BCUT2D eigenvalue weighted by molar-refractivity contribution is 4.41. The first-order valence-corrected chi connectivity index (χ1v) is 2.89. The lowest BCUT2D eigenvalue weighted by Crippen LogP contribution is -2.80.